The van der Waals surface area contributed by atoms with Gasteiger partial charge in [0, 0.05) is 22.4 Å². The fraction of sp³-hybridized carbons (Fsp3) is 0.740. The summed E-state index contributed by atoms with van der Waals surface area (Å²) in [6.07, 6.45) is 10.6. The van der Waals surface area contributed by atoms with E-state index >= 15 is 0 Å². The van der Waals surface area contributed by atoms with E-state index in [4.69, 9.17) is 16.3 Å². The van der Waals surface area contributed by atoms with Crippen LogP contribution in [0.5, 0.6) is 0 Å². The van der Waals surface area contributed by atoms with Gasteiger partial charge in [0.2, 0.25) is 5.91 Å². The zero-order chi connectivity index (χ0) is 43.6. The van der Waals surface area contributed by atoms with E-state index in [1.54, 1.807) is 24.3 Å². The van der Waals surface area contributed by atoms with E-state index in [-0.39, 0.29) is 69.6 Å². The van der Waals surface area contributed by atoms with Gasteiger partial charge in [-0.25, -0.2) is 0 Å². The van der Waals surface area contributed by atoms with Gasteiger partial charge in [-0.3, -0.25) is 24.0 Å². The Bertz CT molecular complexity index is 2010. The van der Waals surface area contributed by atoms with Crippen LogP contribution in [0, 0.1) is 62.6 Å². The van der Waals surface area contributed by atoms with Crippen molar-refractivity contribution in [3.05, 3.63) is 46.0 Å². The van der Waals surface area contributed by atoms with Gasteiger partial charge in [-0.15, -0.1) is 0 Å². The van der Waals surface area contributed by atoms with Crippen LogP contribution in [-0.4, -0.2) is 51.8 Å². The molecule has 328 valence electrons. The van der Waals surface area contributed by atoms with Gasteiger partial charge < -0.3 is 20.5 Å². The monoisotopic (exact) mass is 844 g/mol. The SMILES string of the molecule is CC(C)C1=C2[C@H]3CC[C@@H]4[C@@]5(C)CC[C@H](OC(=O)[C@H]6C[C@@H](C(=O)O)C6(C)C)C(C)(C)C5CC[C@@]4(C)[C@]3(C)CC[C@@]2(NC(=O)C2(NC(=O)c3ccc(Cl)cc3)CCCC2)CC1=O. The lowest BCUT2D eigenvalue weighted by Crippen LogP contribution is -2.68. The number of ether oxygens (including phenoxy) is 1. The molecule has 10 heteroatoms. The number of ketones is 1. The lowest BCUT2D eigenvalue weighted by molar-refractivity contribution is -0.235. The molecule has 0 bridgehead atoms. The Morgan fingerprint density at radius 3 is 2.05 bits per heavy atom. The van der Waals surface area contributed by atoms with Gasteiger partial charge in [0.25, 0.3) is 5.91 Å². The Morgan fingerprint density at radius 2 is 1.43 bits per heavy atom. The molecule has 60 heavy (non-hydrogen) atoms. The van der Waals surface area contributed by atoms with Gasteiger partial charge in [0.1, 0.15) is 11.6 Å². The maximum Gasteiger partial charge on any atom is 0.309 e. The number of amides is 2. The van der Waals surface area contributed by atoms with Crippen LogP contribution in [0.1, 0.15) is 163 Å². The smallest absolute Gasteiger partial charge is 0.309 e. The molecule has 0 heterocycles. The fourth-order valence-electron chi connectivity index (χ4n) is 15.5. The highest BCUT2D eigenvalue weighted by molar-refractivity contribution is 6.30. The molecule has 0 saturated heterocycles. The quantitative estimate of drug-likeness (QED) is 0.222. The molecule has 0 spiro atoms. The average molecular weight is 846 g/mol. The predicted molar refractivity (Wildman–Crippen MR) is 231 cm³/mol. The number of benzene rings is 1. The van der Waals surface area contributed by atoms with Crippen LogP contribution in [-0.2, 0) is 23.9 Å². The second-order valence-electron chi connectivity index (χ2n) is 22.8. The zero-order valence-electron chi connectivity index (χ0n) is 37.5. The molecule has 1 aromatic rings. The molecular weight excluding hydrogens is 776 g/mol. The number of nitrogens with one attached hydrogen (secondary N) is 2. The summed E-state index contributed by atoms with van der Waals surface area (Å²) >= 11 is 6.12. The molecule has 7 aliphatic rings. The largest absolute Gasteiger partial charge is 0.481 e. The summed E-state index contributed by atoms with van der Waals surface area (Å²) in [4.78, 5) is 68.3. The third-order valence-corrected chi connectivity index (χ3v) is 19.4. The van der Waals surface area contributed by atoms with Crippen molar-refractivity contribution in [1.29, 1.82) is 0 Å². The molecule has 6 fully saturated rings. The standard InChI is InChI=1S/C50H69ClN2O7/c1-28(2)38-34(54)27-50(53-43(59)49(20-10-11-21-49)52-40(55)29-12-14-30(51)15-13-29)25-24-47(8)31(39(38)50)16-17-36-46(7)22-19-37(45(5,6)35(46)18-23-48(36,47)9)60-42(58)33-26-32(41(56)57)44(33,3)4/h12-15,28,31-33,35-37H,10-11,16-27H2,1-9H3,(H,52,55)(H,53,59)(H,56,57)/t31-,32+,33-,35?,36-,37+,46+,47-,48-,50-/m1/s1. The van der Waals surface area contributed by atoms with Crippen molar-refractivity contribution in [2.75, 3.05) is 0 Å². The lowest BCUT2D eigenvalue weighted by Gasteiger charge is -2.72. The molecular formula is C50H69ClN2O7. The normalized spacial score (nSPS) is 39.7. The number of allylic oxidation sites excluding steroid dienone is 1. The van der Waals surface area contributed by atoms with Gasteiger partial charge in [0.15, 0.2) is 5.78 Å². The summed E-state index contributed by atoms with van der Waals surface area (Å²) in [5.74, 6) is -1.37. The molecule has 0 aromatic heterocycles. The summed E-state index contributed by atoms with van der Waals surface area (Å²) < 4.78 is 6.43. The van der Waals surface area contributed by atoms with E-state index in [1.807, 2.05) is 13.8 Å². The minimum Gasteiger partial charge on any atom is -0.481 e. The zero-order valence-corrected chi connectivity index (χ0v) is 38.3. The first-order valence-corrected chi connectivity index (χ1v) is 23.5. The van der Waals surface area contributed by atoms with Crippen molar-refractivity contribution in [2.45, 2.75) is 169 Å². The van der Waals surface area contributed by atoms with Gasteiger partial charge >= 0.3 is 11.9 Å². The first kappa shape index (κ1) is 43.4. The molecule has 1 unspecified atom stereocenters. The maximum absolute atomic E-state index is 14.9. The molecule has 8 rings (SSSR count). The van der Waals surface area contributed by atoms with E-state index in [9.17, 15) is 29.1 Å². The number of aliphatic carboxylic acids is 1. The van der Waals surface area contributed by atoms with Crippen molar-refractivity contribution in [2.24, 2.45) is 62.6 Å². The van der Waals surface area contributed by atoms with E-state index in [2.05, 4.69) is 59.1 Å². The number of carboxylic acids is 1. The number of halogens is 1. The van der Waals surface area contributed by atoms with Gasteiger partial charge in [-0.1, -0.05) is 86.8 Å². The van der Waals surface area contributed by atoms with Crippen molar-refractivity contribution in [3.8, 4) is 0 Å². The van der Waals surface area contributed by atoms with Crippen LogP contribution in [0.15, 0.2) is 35.4 Å². The number of hydrogen-bond acceptors (Lipinski definition) is 6. The molecule has 0 aliphatic heterocycles. The predicted octanol–water partition coefficient (Wildman–Crippen LogP) is 9.89. The molecule has 7 aliphatic carbocycles. The highest BCUT2D eigenvalue weighted by Gasteiger charge is 2.71. The van der Waals surface area contributed by atoms with E-state index in [0.717, 1.165) is 63.4 Å². The van der Waals surface area contributed by atoms with Crippen LogP contribution in [0.3, 0.4) is 0 Å². The number of hydrogen-bond donors (Lipinski definition) is 3. The molecule has 1 aromatic carbocycles. The van der Waals surface area contributed by atoms with Crippen molar-refractivity contribution in [1.82, 2.24) is 10.6 Å². The van der Waals surface area contributed by atoms with Gasteiger partial charge in [0.05, 0.1) is 17.4 Å². The molecule has 9 nitrogen and oxygen atoms in total. The first-order chi connectivity index (χ1) is 28.0. The van der Waals surface area contributed by atoms with E-state index in [1.165, 1.54) is 5.57 Å². The molecule has 3 N–H and O–H groups in total. The Balaban J connectivity index is 1.05. The summed E-state index contributed by atoms with van der Waals surface area (Å²) in [5.41, 5.74) is -0.245. The number of fused-ring (bicyclic) bond motifs is 7. The van der Waals surface area contributed by atoms with Gasteiger partial charge in [-0.05, 0) is 151 Å². The van der Waals surface area contributed by atoms with Crippen molar-refractivity contribution >= 4 is 41.1 Å². The third-order valence-electron chi connectivity index (χ3n) is 19.2. The van der Waals surface area contributed by atoms with Crippen LogP contribution in [0.4, 0.5) is 0 Å². The van der Waals surface area contributed by atoms with Crippen LogP contribution in [0.25, 0.3) is 0 Å². The number of Topliss-reactive ketones (excluding diaryl/α,β-unsaturated/α-hetero) is 1. The molecule has 2 amide bonds. The summed E-state index contributed by atoms with van der Waals surface area (Å²) in [7, 11) is 0. The number of carboxylic acid groups (broad SMARTS) is 1. The van der Waals surface area contributed by atoms with Crippen LogP contribution < -0.4 is 10.6 Å². The Kier molecular flexibility index (Phi) is 10.4. The first-order valence-electron chi connectivity index (χ1n) is 23.1. The molecule has 6 saturated carbocycles. The topological polar surface area (TPSA) is 139 Å². The summed E-state index contributed by atoms with van der Waals surface area (Å²) in [6.45, 7) is 20.2. The maximum atomic E-state index is 14.9. The molecule has 0 radical (unpaired) electrons. The lowest BCUT2D eigenvalue weighted by atomic mass is 9.33. The number of carbonyl (C=O) groups is 5. The number of rotatable bonds is 8. The Hall–Kier alpha value is -3.20. The molecule has 10 atom stereocenters. The van der Waals surface area contributed by atoms with Crippen molar-refractivity contribution < 1.29 is 33.8 Å². The minimum absolute atomic E-state index is 0.0152. The Morgan fingerprint density at radius 1 is 0.767 bits per heavy atom. The second-order valence-corrected chi connectivity index (χ2v) is 23.2. The van der Waals surface area contributed by atoms with E-state index in [0.29, 0.717) is 48.1 Å². The van der Waals surface area contributed by atoms with E-state index < -0.39 is 34.3 Å². The highest BCUT2D eigenvalue weighted by Crippen LogP contribution is 2.76. The van der Waals surface area contributed by atoms with Crippen LogP contribution >= 0.6 is 11.6 Å². The van der Waals surface area contributed by atoms with Crippen molar-refractivity contribution in [3.63, 3.8) is 0 Å². The Labute approximate surface area is 362 Å². The highest BCUT2D eigenvalue weighted by atomic mass is 35.5. The van der Waals surface area contributed by atoms with Gasteiger partial charge in [-0.2, -0.15) is 0 Å². The second kappa shape index (κ2) is 14.4. The summed E-state index contributed by atoms with van der Waals surface area (Å²) in [6, 6.07) is 6.75. The average Bonchev–Trinajstić information content (AvgIpc) is 3.75. The summed E-state index contributed by atoms with van der Waals surface area (Å²) in [5, 5.41) is 17.0. The third kappa shape index (κ3) is 6.21. The number of esters is 1. The minimum atomic E-state index is -1.05. The fourth-order valence-corrected chi connectivity index (χ4v) is 15.6. The number of carbonyl (C=O) groups excluding carboxylic acids is 4. The van der Waals surface area contributed by atoms with Crippen LogP contribution in [0.2, 0.25) is 5.02 Å².